The first kappa shape index (κ1) is 30.2. The van der Waals surface area contributed by atoms with Gasteiger partial charge in [-0.1, -0.05) is 5.92 Å². The molecule has 2 N–H and O–H groups in total. The molecule has 4 atom stereocenters. The van der Waals surface area contributed by atoms with Gasteiger partial charge in [0.25, 0.3) is 0 Å². The van der Waals surface area contributed by atoms with Crippen molar-refractivity contribution in [1.82, 2.24) is 4.90 Å². The number of hydrogen-bond acceptors (Lipinski definition) is 10. The third-order valence-electron chi connectivity index (χ3n) is 8.88. The molecular formula is C32H41NO9. The molecule has 228 valence electrons. The van der Waals surface area contributed by atoms with E-state index in [0.717, 1.165) is 43.5 Å². The number of hydrogen-bond donors (Lipinski definition) is 2. The van der Waals surface area contributed by atoms with E-state index in [1.54, 1.807) is 27.9 Å². The van der Waals surface area contributed by atoms with Crippen LogP contribution in [0.2, 0.25) is 0 Å². The van der Waals surface area contributed by atoms with Crippen LogP contribution in [-0.4, -0.2) is 83.5 Å². The van der Waals surface area contributed by atoms with Crippen molar-refractivity contribution in [3.63, 3.8) is 0 Å². The number of ether oxygens (including phenoxy) is 5. The Bertz CT molecular complexity index is 1310. The van der Waals surface area contributed by atoms with E-state index < -0.39 is 41.2 Å². The lowest BCUT2D eigenvalue weighted by Gasteiger charge is -2.39. The maximum atomic E-state index is 13.9. The first-order chi connectivity index (χ1) is 20.0. The van der Waals surface area contributed by atoms with Crippen LogP contribution in [0.25, 0.3) is 0 Å². The summed E-state index contributed by atoms with van der Waals surface area (Å²) in [5.74, 6) is 5.12. The molecule has 42 heavy (non-hydrogen) atoms. The fraction of sp³-hybridized carbons (Fsp3) is 0.625. The quantitative estimate of drug-likeness (QED) is 0.314. The van der Waals surface area contributed by atoms with Crippen LogP contribution in [-0.2, 0) is 30.2 Å². The van der Waals surface area contributed by atoms with Crippen molar-refractivity contribution >= 4 is 11.9 Å². The summed E-state index contributed by atoms with van der Waals surface area (Å²) in [7, 11) is 1.55. The van der Waals surface area contributed by atoms with Crippen LogP contribution in [0, 0.1) is 11.8 Å². The maximum absolute atomic E-state index is 13.9. The second kappa shape index (κ2) is 11.8. The molecule has 10 heteroatoms. The van der Waals surface area contributed by atoms with Crippen molar-refractivity contribution in [3.8, 4) is 23.3 Å². The first-order valence-electron chi connectivity index (χ1n) is 14.6. The van der Waals surface area contributed by atoms with E-state index in [1.165, 1.54) is 0 Å². The number of aliphatic hydroxyl groups is 2. The number of fused-ring (bicyclic) bond motifs is 3. The molecule has 0 aromatic heterocycles. The van der Waals surface area contributed by atoms with Crippen LogP contribution in [0.5, 0.6) is 11.5 Å². The molecule has 3 aliphatic heterocycles. The lowest BCUT2D eigenvalue weighted by Crippen LogP contribution is -2.49. The number of rotatable bonds is 10. The van der Waals surface area contributed by atoms with Crippen LogP contribution in [0.1, 0.15) is 76.3 Å². The van der Waals surface area contributed by atoms with E-state index in [-0.39, 0.29) is 32.2 Å². The molecule has 1 spiro atoms. The number of nitrogens with zero attached hydrogens (tertiary/aromatic N) is 1. The Hall–Kier alpha value is -3.26. The van der Waals surface area contributed by atoms with Crippen LogP contribution < -0.4 is 9.47 Å². The van der Waals surface area contributed by atoms with Gasteiger partial charge in [-0.3, -0.25) is 9.69 Å². The predicted molar refractivity (Wildman–Crippen MR) is 152 cm³/mol. The van der Waals surface area contributed by atoms with Crippen LogP contribution in [0.3, 0.4) is 0 Å². The number of esters is 2. The third-order valence-corrected chi connectivity index (χ3v) is 8.88. The molecule has 1 saturated heterocycles. The van der Waals surface area contributed by atoms with E-state index in [2.05, 4.69) is 22.8 Å². The van der Waals surface area contributed by atoms with Gasteiger partial charge >= 0.3 is 11.9 Å². The maximum Gasteiger partial charge on any atom is 0.339 e. The molecule has 1 aliphatic carbocycles. The molecule has 3 heterocycles. The van der Waals surface area contributed by atoms with Gasteiger partial charge in [-0.05, 0) is 95.2 Å². The smallest absolute Gasteiger partial charge is 0.339 e. The molecule has 1 fully saturated rings. The zero-order valence-electron chi connectivity index (χ0n) is 24.9. The normalized spacial score (nSPS) is 25.5. The lowest BCUT2D eigenvalue weighted by molar-refractivity contribution is -0.179. The van der Waals surface area contributed by atoms with Crippen molar-refractivity contribution in [2.75, 3.05) is 33.6 Å². The van der Waals surface area contributed by atoms with E-state index in [4.69, 9.17) is 23.7 Å². The van der Waals surface area contributed by atoms with Gasteiger partial charge in [-0.2, -0.15) is 0 Å². The molecule has 0 amide bonds. The van der Waals surface area contributed by atoms with Crippen molar-refractivity contribution in [2.24, 2.45) is 0 Å². The Morgan fingerprint density at radius 2 is 1.93 bits per heavy atom. The first-order valence-corrected chi connectivity index (χ1v) is 14.6. The lowest BCUT2D eigenvalue weighted by atomic mass is 9.77. The summed E-state index contributed by atoms with van der Waals surface area (Å²) >= 11 is 0. The minimum absolute atomic E-state index is 0.0969. The van der Waals surface area contributed by atoms with Crippen molar-refractivity contribution in [1.29, 1.82) is 0 Å². The third kappa shape index (κ3) is 5.83. The second-order valence-electron chi connectivity index (χ2n) is 12.3. The standard InChI is InChI=1S/C32H41NO9/c1-5-6-15-39-26(34)19-32(37,12-7-10-30(2,3)36)29(35)42-28-25(38-4)18-31-11-8-13-33(31)14-9-21-16-23-24(41-20-40-23)17-22(21)27(28)31/h16-18,27-28,36-37H,7-15,19-20H2,1-4H3/t27-,28?,31-,32-/m1/s1. The second-order valence-corrected chi connectivity index (χ2v) is 12.3. The molecular weight excluding hydrogens is 542 g/mol. The fourth-order valence-corrected chi connectivity index (χ4v) is 6.87. The zero-order valence-corrected chi connectivity index (χ0v) is 24.9. The number of carbonyl (C=O) groups excluding carboxylic acids is 2. The minimum atomic E-state index is -2.17. The van der Waals surface area contributed by atoms with Crippen molar-refractivity contribution in [2.45, 2.75) is 94.5 Å². The molecule has 5 rings (SSSR count). The fourth-order valence-electron chi connectivity index (χ4n) is 6.87. The predicted octanol–water partition coefficient (Wildman–Crippen LogP) is 2.97. The molecule has 0 radical (unpaired) electrons. The molecule has 0 saturated carbocycles. The van der Waals surface area contributed by atoms with E-state index in [1.807, 2.05) is 12.1 Å². The summed E-state index contributed by atoms with van der Waals surface area (Å²) < 4.78 is 28.6. The van der Waals surface area contributed by atoms with Gasteiger partial charge in [0.15, 0.2) is 29.8 Å². The average molecular weight is 584 g/mol. The highest BCUT2D eigenvalue weighted by Crippen LogP contribution is 2.55. The summed E-state index contributed by atoms with van der Waals surface area (Å²) in [5.41, 5.74) is -1.53. The Labute approximate surface area is 246 Å². The van der Waals surface area contributed by atoms with Gasteiger partial charge in [0.2, 0.25) is 6.79 Å². The van der Waals surface area contributed by atoms with Crippen LogP contribution in [0.4, 0.5) is 0 Å². The van der Waals surface area contributed by atoms with E-state index >= 15 is 0 Å². The summed E-state index contributed by atoms with van der Waals surface area (Å²) in [6.45, 7) is 6.66. The van der Waals surface area contributed by atoms with Gasteiger partial charge < -0.3 is 33.9 Å². The molecule has 1 aromatic carbocycles. The Kier molecular flexibility index (Phi) is 8.48. The van der Waals surface area contributed by atoms with Crippen LogP contribution >= 0.6 is 0 Å². The molecule has 4 aliphatic rings. The van der Waals surface area contributed by atoms with E-state index in [9.17, 15) is 19.8 Å². The largest absolute Gasteiger partial charge is 0.497 e. The monoisotopic (exact) mass is 583 g/mol. The molecule has 1 aromatic rings. The SMILES string of the molecule is CC#CCOC(=O)C[C@](O)(CCCC(C)(C)O)C(=O)OC1C(OC)=C[C@@]23CCCN2CCc2cc4c(cc2[C@H]13)OCO4. The highest BCUT2D eigenvalue weighted by molar-refractivity contribution is 5.86. The topological polar surface area (TPSA) is 124 Å². The zero-order chi connectivity index (χ0) is 30.1. The van der Waals surface area contributed by atoms with E-state index in [0.29, 0.717) is 23.7 Å². The summed E-state index contributed by atoms with van der Waals surface area (Å²) in [6.07, 6.45) is 3.77. The summed E-state index contributed by atoms with van der Waals surface area (Å²) in [5, 5.41) is 21.9. The minimum Gasteiger partial charge on any atom is -0.497 e. The highest BCUT2D eigenvalue weighted by atomic mass is 16.7. The highest BCUT2D eigenvalue weighted by Gasteiger charge is 2.59. The van der Waals surface area contributed by atoms with Gasteiger partial charge in [0.1, 0.15) is 5.76 Å². The summed E-state index contributed by atoms with van der Waals surface area (Å²) in [4.78, 5) is 29.0. The Morgan fingerprint density at radius 3 is 2.64 bits per heavy atom. The Balaban J connectivity index is 1.47. The van der Waals surface area contributed by atoms with Gasteiger partial charge in [0.05, 0.1) is 30.6 Å². The number of benzene rings is 1. The number of carbonyl (C=O) groups is 2. The number of methoxy groups -OCH3 is 1. The molecule has 10 nitrogen and oxygen atoms in total. The van der Waals surface area contributed by atoms with Crippen molar-refractivity contribution < 1.29 is 43.5 Å². The van der Waals surface area contributed by atoms with Gasteiger partial charge in [-0.25, -0.2) is 4.79 Å². The summed E-state index contributed by atoms with van der Waals surface area (Å²) in [6, 6.07) is 4.00. The Morgan fingerprint density at radius 1 is 1.17 bits per heavy atom. The molecule has 1 unspecified atom stereocenters. The van der Waals surface area contributed by atoms with Gasteiger partial charge in [0, 0.05) is 6.54 Å². The molecule has 0 bridgehead atoms. The van der Waals surface area contributed by atoms with Crippen molar-refractivity contribution in [3.05, 3.63) is 35.1 Å². The van der Waals surface area contributed by atoms with Gasteiger partial charge in [-0.15, -0.1) is 5.92 Å². The average Bonchev–Trinajstić information content (AvgIpc) is 3.61. The van der Waals surface area contributed by atoms with Crippen LogP contribution in [0.15, 0.2) is 24.0 Å².